The van der Waals surface area contributed by atoms with E-state index in [9.17, 15) is 9.18 Å². The van der Waals surface area contributed by atoms with Gasteiger partial charge < -0.3 is 10.1 Å². The predicted octanol–water partition coefficient (Wildman–Crippen LogP) is 3.90. The Morgan fingerprint density at radius 1 is 1.11 bits per heavy atom. The van der Waals surface area contributed by atoms with E-state index in [1.807, 2.05) is 19.1 Å². The van der Waals surface area contributed by atoms with Gasteiger partial charge >= 0.3 is 0 Å². The van der Waals surface area contributed by atoms with Crippen LogP contribution in [0.1, 0.15) is 37.3 Å². The quantitative estimate of drug-likeness (QED) is 0.766. The number of amides is 1. The highest BCUT2D eigenvalue weighted by atomic mass is 19.1. The van der Waals surface area contributed by atoms with Crippen molar-refractivity contribution in [1.29, 1.82) is 0 Å². The number of likely N-dealkylation sites (tertiary alicyclic amines) is 1. The molecule has 0 spiro atoms. The first-order valence-electron chi connectivity index (χ1n) is 9.65. The fourth-order valence-electron chi connectivity index (χ4n) is 3.36. The van der Waals surface area contributed by atoms with Crippen LogP contribution in [0.25, 0.3) is 0 Å². The summed E-state index contributed by atoms with van der Waals surface area (Å²) in [6.07, 6.45) is 2.47. The molecule has 1 aliphatic rings. The normalized spacial score (nSPS) is 15.5. The molecule has 5 heteroatoms. The summed E-state index contributed by atoms with van der Waals surface area (Å²) in [5, 5.41) is 2.99. The standard InChI is InChI=1S/C22H27FN2O2/c1-2-21(27-20-11-9-19(23)10-12-20)22(26)24-15-17-7-3-4-8-18(17)16-25-13-5-6-14-25/h3-4,7-12,21H,2,5-6,13-16H2,1H3,(H,24,26)/t21-/m0/s1. The molecule has 0 unspecified atom stereocenters. The molecular formula is C22H27FN2O2. The lowest BCUT2D eigenvalue weighted by atomic mass is 10.1. The Kier molecular flexibility index (Phi) is 6.82. The molecule has 4 nitrogen and oxygen atoms in total. The third-order valence-corrected chi connectivity index (χ3v) is 4.92. The fraction of sp³-hybridized carbons (Fsp3) is 0.409. The zero-order valence-corrected chi connectivity index (χ0v) is 15.8. The Balaban J connectivity index is 1.58. The van der Waals surface area contributed by atoms with Gasteiger partial charge in [0.15, 0.2) is 6.10 Å². The number of nitrogens with zero attached hydrogens (tertiary/aromatic N) is 1. The van der Waals surface area contributed by atoms with Crippen molar-refractivity contribution >= 4 is 5.91 Å². The lowest BCUT2D eigenvalue weighted by Crippen LogP contribution is -2.37. The van der Waals surface area contributed by atoms with Crippen molar-refractivity contribution in [3.63, 3.8) is 0 Å². The van der Waals surface area contributed by atoms with Crippen LogP contribution in [0.3, 0.4) is 0 Å². The molecule has 27 heavy (non-hydrogen) atoms. The minimum Gasteiger partial charge on any atom is -0.481 e. The number of ether oxygens (including phenoxy) is 1. The van der Waals surface area contributed by atoms with E-state index in [0.717, 1.165) is 25.2 Å². The van der Waals surface area contributed by atoms with Crippen molar-refractivity contribution < 1.29 is 13.9 Å². The molecule has 0 aliphatic carbocycles. The topological polar surface area (TPSA) is 41.6 Å². The lowest BCUT2D eigenvalue weighted by molar-refractivity contribution is -0.128. The molecule has 3 rings (SSSR count). The van der Waals surface area contributed by atoms with E-state index in [-0.39, 0.29) is 11.7 Å². The van der Waals surface area contributed by atoms with Crippen molar-refractivity contribution in [3.05, 3.63) is 65.5 Å². The zero-order valence-electron chi connectivity index (χ0n) is 15.8. The molecule has 144 valence electrons. The highest BCUT2D eigenvalue weighted by molar-refractivity contribution is 5.81. The minimum atomic E-state index is -0.596. The molecule has 1 saturated heterocycles. The van der Waals surface area contributed by atoms with Crippen molar-refractivity contribution in [2.45, 2.75) is 45.4 Å². The highest BCUT2D eigenvalue weighted by Crippen LogP contribution is 2.17. The summed E-state index contributed by atoms with van der Waals surface area (Å²) in [4.78, 5) is 15.0. The molecule has 1 N–H and O–H groups in total. The van der Waals surface area contributed by atoms with Crippen LogP contribution >= 0.6 is 0 Å². The number of nitrogens with one attached hydrogen (secondary N) is 1. The third kappa shape index (κ3) is 5.54. The van der Waals surface area contributed by atoms with Crippen LogP contribution in [0.15, 0.2) is 48.5 Å². The van der Waals surface area contributed by atoms with Gasteiger partial charge in [-0.3, -0.25) is 9.69 Å². The summed E-state index contributed by atoms with van der Waals surface area (Å²) < 4.78 is 18.7. The van der Waals surface area contributed by atoms with Gasteiger partial charge in [0.05, 0.1) is 0 Å². The van der Waals surface area contributed by atoms with Crippen LogP contribution < -0.4 is 10.1 Å². The summed E-state index contributed by atoms with van der Waals surface area (Å²) in [5.74, 6) is 0.0140. The molecule has 1 heterocycles. The zero-order chi connectivity index (χ0) is 19.1. The van der Waals surface area contributed by atoms with Crippen LogP contribution in [0.2, 0.25) is 0 Å². The van der Waals surface area contributed by atoms with E-state index in [2.05, 4.69) is 22.3 Å². The first-order chi connectivity index (χ1) is 13.2. The van der Waals surface area contributed by atoms with Crippen molar-refractivity contribution in [2.75, 3.05) is 13.1 Å². The maximum absolute atomic E-state index is 13.0. The van der Waals surface area contributed by atoms with Crippen molar-refractivity contribution in [2.24, 2.45) is 0 Å². The summed E-state index contributed by atoms with van der Waals surface area (Å²) in [6.45, 7) is 5.59. The number of hydrogen-bond donors (Lipinski definition) is 1. The van der Waals surface area contributed by atoms with Gasteiger partial charge in [0.25, 0.3) is 5.91 Å². The van der Waals surface area contributed by atoms with E-state index in [1.54, 1.807) is 0 Å². The number of rotatable bonds is 8. The number of carbonyl (C=O) groups is 1. The van der Waals surface area contributed by atoms with Gasteiger partial charge in [-0.05, 0) is 67.7 Å². The molecule has 0 radical (unpaired) electrons. The van der Waals surface area contributed by atoms with E-state index in [1.165, 1.54) is 42.7 Å². The number of benzene rings is 2. The molecule has 1 atom stereocenters. The molecular weight excluding hydrogens is 343 g/mol. The maximum atomic E-state index is 13.0. The Morgan fingerprint density at radius 3 is 2.44 bits per heavy atom. The molecule has 2 aromatic rings. The van der Waals surface area contributed by atoms with Gasteiger partial charge in [0, 0.05) is 13.1 Å². The van der Waals surface area contributed by atoms with Gasteiger partial charge in [-0.15, -0.1) is 0 Å². The average molecular weight is 370 g/mol. The van der Waals surface area contributed by atoms with E-state index >= 15 is 0 Å². The second-order valence-electron chi connectivity index (χ2n) is 6.94. The van der Waals surface area contributed by atoms with Gasteiger partial charge in [-0.2, -0.15) is 0 Å². The Hall–Kier alpha value is -2.40. The van der Waals surface area contributed by atoms with E-state index in [0.29, 0.717) is 18.7 Å². The van der Waals surface area contributed by atoms with Crippen LogP contribution in [-0.2, 0) is 17.9 Å². The van der Waals surface area contributed by atoms with Gasteiger partial charge in [-0.25, -0.2) is 4.39 Å². The monoisotopic (exact) mass is 370 g/mol. The second-order valence-corrected chi connectivity index (χ2v) is 6.94. The first kappa shape index (κ1) is 19.4. The average Bonchev–Trinajstić information content (AvgIpc) is 3.19. The highest BCUT2D eigenvalue weighted by Gasteiger charge is 2.19. The van der Waals surface area contributed by atoms with Crippen LogP contribution in [0, 0.1) is 5.82 Å². The van der Waals surface area contributed by atoms with Gasteiger partial charge in [0.2, 0.25) is 0 Å². The number of hydrogen-bond acceptors (Lipinski definition) is 3. The lowest BCUT2D eigenvalue weighted by Gasteiger charge is -2.20. The Bertz CT molecular complexity index is 742. The largest absolute Gasteiger partial charge is 0.481 e. The van der Waals surface area contributed by atoms with Gasteiger partial charge in [-0.1, -0.05) is 31.2 Å². The summed E-state index contributed by atoms with van der Waals surface area (Å²) >= 11 is 0. The van der Waals surface area contributed by atoms with Gasteiger partial charge in [0.1, 0.15) is 11.6 Å². The van der Waals surface area contributed by atoms with Crippen LogP contribution in [0.5, 0.6) is 5.75 Å². The molecule has 0 bridgehead atoms. The van der Waals surface area contributed by atoms with E-state index < -0.39 is 6.10 Å². The second kappa shape index (κ2) is 9.51. The smallest absolute Gasteiger partial charge is 0.261 e. The number of carbonyl (C=O) groups excluding carboxylic acids is 1. The summed E-state index contributed by atoms with van der Waals surface area (Å²) in [7, 11) is 0. The van der Waals surface area contributed by atoms with E-state index in [4.69, 9.17) is 4.74 Å². The molecule has 1 aliphatic heterocycles. The van der Waals surface area contributed by atoms with Crippen molar-refractivity contribution in [1.82, 2.24) is 10.2 Å². The number of halogens is 1. The minimum absolute atomic E-state index is 0.155. The SMILES string of the molecule is CC[C@H](Oc1ccc(F)cc1)C(=O)NCc1ccccc1CN1CCCC1. The Morgan fingerprint density at radius 2 is 1.78 bits per heavy atom. The molecule has 2 aromatic carbocycles. The summed E-state index contributed by atoms with van der Waals surface area (Å²) in [5.41, 5.74) is 2.39. The Labute approximate surface area is 160 Å². The molecule has 0 saturated carbocycles. The summed E-state index contributed by atoms with van der Waals surface area (Å²) in [6, 6.07) is 14.0. The third-order valence-electron chi connectivity index (χ3n) is 4.92. The maximum Gasteiger partial charge on any atom is 0.261 e. The molecule has 1 amide bonds. The molecule has 1 fully saturated rings. The van der Waals surface area contributed by atoms with Crippen molar-refractivity contribution in [3.8, 4) is 5.75 Å². The predicted molar refractivity (Wildman–Crippen MR) is 104 cm³/mol. The fourth-order valence-corrected chi connectivity index (χ4v) is 3.36. The first-order valence-corrected chi connectivity index (χ1v) is 9.65. The van der Waals surface area contributed by atoms with Crippen LogP contribution in [0.4, 0.5) is 4.39 Å². The van der Waals surface area contributed by atoms with Crippen LogP contribution in [-0.4, -0.2) is 30.0 Å². The molecule has 0 aromatic heterocycles.